The first kappa shape index (κ1) is 11.5. The van der Waals surface area contributed by atoms with Gasteiger partial charge in [-0.15, -0.1) is 0 Å². The molecule has 0 fully saturated rings. The summed E-state index contributed by atoms with van der Waals surface area (Å²) in [5, 5.41) is 17.8. The molecule has 0 aliphatic carbocycles. The number of hydrogen-bond donors (Lipinski definition) is 2. The van der Waals surface area contributed by atoms with Gasteiger partial charge < -0.3 is 14.9 Å². The third-order valence-corrected chi connectivity index (χ3v) is 1.90. The SMILES string of the molecule is Cc1cc(C(=O)O)ccc1OCC(C)O. The van der Waals surface area contributed by atoms with Gasteiger partial charge in [-0.05, 0) is 37.6 Å². The summed E-state index contributed by atoms with van der Waals surface area (Å²) >= 11 is 0. The van der Waals surface area contributed by atoms with Gasteiger partial charge in [0.25, 0.3) is 0 Å². The molecule has 0 amide bonds. The third kappa shape index (κ3) is 3.25. The normalized spacial score (nSPS) is 12.2. The first-order valence-corrected chi connectivity index (χ1v) is 4.65. The lowest BCUT2D eigenvalue weighted by molar-refractivity contribution is 0.0696. The summed E-state index contributed by atoms with van der Waals surface area (Å²) in [6.45, 7) is 3.60. The van der Waals surface area contributed by atoms with Crippen LogP contribution in [0.3, 0.4) is 0 Å². The van der Waals surface area contributed by atoms with E-state index in [0.29, 0.717) is 5.75 Å². The quantitative estimate of drug-likeness (QED) is 0.789. The number of carboxylic acids is 1. The van der Waals surface area contributed by atoms with Crippen LogP contribution < -0.4 is 4.74 Å². The molecule has 1 aromatic rings. The molecule has 0 aliphatic heterocycles. The molecule has 0 heterocycles. The van der Waals surface area contributed by atoms with Crippen molar-refractivity contribution in [3.05, 3.63) is 29.3 Å². The van der Waals surface area contributed by atoms with Crippen LogP contribution >= 0.6 is 0 Å². The van der Waals surface area contributed by atoms with Crippen LogP contribution in [0.2, 0.25) is 0 Å². The number of carboxylic acid groups (broad SMARTS) is 1. The van der Waals surface area contributed by atoms with Crippen LogP contribution in [-0.2, 0) is 0 Å². The van der Waals surface area contributed by atoms with Gasteiger partial charge >= 0.3 is 5.97 Å². The number of aryl methyl sites for hydroxylation is 1. The van der Waals surface area contributed by atoms with Crippen LogP contribution in [0.4, 0.5) is 0 Å². The van der Waals surface area contributed by atoms with E-state index in [1.165, 1.54) is 6.07 Å². The molecule has 1 unspecified atom stereocenters. The molecule has 0 saturated heterocycles. The molecule has 0 aliphatic rings. The van der Waals surface area contributed by atoms with Crippen LogP contribution in [0.1, 0.15) is 22.8 Å². The largest absolute Gasteiger partial charge is 0.491 e. The molecule has 15 heavy (non-hydrogen) atoms. The van der Waals surface area contributed by atoms with E-state index < -0.39 is 12.1 Å². The lowest BCUT2D eigenvalue weighted by atomic mass is 10.1. The number of aromatic carboxylic acids is 1. The van der Waals surface area contributed by atoms with Crippen molar-refractivity contribution in [1.29, 1.82) is 0 Å². The first-order valence-electron chi connectivity index (χ1n) is 4.65. The summed E-state index contributed by atoms with van der Waals surface area (Å²) in [6.07, 6.45) is -0.538. The molecule has 0 radical (unpaired) electrons. The van der Waals surface area contributed by atoms with Gasteiger partial charge in [0.1, 0.15) is 12.4 Å². The lowest BCUT2D eigenvalue weighted by Gasteiger charge is -2.10. The Morgan fingerprint density at radius 3 is 2.67 bits per heavy atom. The number of ether oxygens (including phenoxy) is 1. The second-order valence-electron chi connectivity index (χ2n) is 3.45. The summed E-state index contributed by atoms with van der Waals surface area (Å²) in [5.41, 5.74) is 0.979. The van der Waals surface area contributed by atoms with Crippen LogP contribution in [0, 0.1) is 6.92 Å². The van der Waals surface area contributed by atoms with Gasteiger partial charge in [0.15, 0.2) is 0 Å². The molecule has 82 valence electrons. The molecular formula is C11H14O4. The minimum atomic E-state index is -0.958. The Bertz CT molecular complexity index is 358. The van der Waals surface area contributed by atoms with E-state index >= 15 is 0 Å². The van der Waals surface area contributed by atoms with E-state index in [4.69, 9.17) is 14.9 Å². The van der Waals surface area contributed by atoms with Crippen molar-refractivity contribution < 1.29 is 19.7 Å². The Hall–Kier alpha value is -1.55. The smallest absolute Gasteiger partial charge is 0.335 e. The van der Waals surface area contributed by atoms with Gasteiger partial charge in [0.2, 0.25) is 0 Å². The van der Waals surface area contributed by atoms with Crippen LogP contribution in [-0.4, -0.2) is 28.9 Å². The summed E-state index contributed by atoms with van der Waals surface area (Å²) in [7, 11) is 0. The molecule has 0 bridgehead atoms. The predicted molar refractivity (Wildman–Crippen MR) is 55.3 cm³/mol. The average molecular weight is 210 g/mol. The fraction of sp³-hybridized carbons (Fsp3) is 0.364. The van der Waals surface area contributed by atoms with Gasteiger partial charge in [-0.2, -0.15) is 0 Å². The van der Waals surface area contributed by atoms with Crippen LogP contribution in [0.25, 0.3) is 0 Å². The third-order valence-electron chi connectivity index (χ3n) is 1.90. The second kappa shape index (κ2) is 4.79. The minimum Gasteiger partial charge on any atom is -0.491 e. The Labute approximate surface area is 88.1 Å². The van der Waals surface area contributed by atoms with Gasteiger partial charge in [0.05, 0.1) is 11.7 Å². The maximum atomic E-state index is 10.6. The summed E-state index contributed by atoms with van der Waals surface area (Å²) in [6, 6.07) is 4.62. The highest BCUT2D eigenvalue weighted by atomic mass is 16.5. The molecule has 0 aromatic heterocycles. The van der Waals surface area contributed by atoms with E-state index in [0.717, 1.165) is 5.56 Å². The second-order valence-corrected chi connectivity index (χ2v) is 3.45. The van der Waals surface area contributed by atoms with E-state index in [-0.39, 0.29) is 12.2 Å². The zero-order valence-electron chi connectivity index (χ0n) is 8.73. The molecule has 1 atom stereocenters. The maximum absolute atomic E-state index is 10.6. The van der Waals surface area contributed by atoms with Gasteiger partial charge in [-0.25, -0.2) is 4.79 Å². The highest BCUT2D eigenvalue weighted by molar-refractivity contribution is 5.88. The number of aliphatic hydroxyl groups is 1. The zero-order chi connectivity index (χ0) is 11.4. The van der Waals surface area contributed by atoms with Crippen LogP contribution in [0.15, 0.2) is 18.2 Å². The van der Waals surface area contributed by atoms with E-state index in [9.17, 15) is 4.79 Å². The molecular weight excluding hydrogens is 196 g/mol. The summed E-state index contributed by atoms with van der Waals surface area (Å²) in [5.74, 6) is -0.360. The fourth-order valence-electron chi connectivity index (χ4n) is 1.15. The van der Waals surface area contributed by atoms with Crippen LogP contribution in [0.5, 0.6) is 5.75 Å². The fourth-order valence-corrected chi connectivity index (χ4v) is 1.15. The van der Waals surface area contributed by atoms with Crippen molar-refractivity contribution in [2.24, 2.45) is 0 Å². The zero-order valence-corrected chi connectivity index (χ0v) is 8.73. The predicted octanol–water partition coefficient (Wildman–Crippen LogP) is 1.45. The maximum Gasteiger partial charge on any atom is 0.335 e. The number of hydrogen-bond acceptors (Lipinski definition) is 3. The number of carbonyl (C=O) groups is 1. The Balaban J connectivity index is 2.79. The molecule has 1 rings (SSSR count). The lowest BCUT2D eigenvalue weighted by Crippen LogP contribution is -2.13. The van der Waals surface area contributed by atoms with Gasteiger partial charge in [0, 0.05) is 0 Å². The molecule has 2 N–H and O–H groups in total. The monoisotopic (exact) mass is 210 g/mol. The molecule has 0 saturated carbocycles. The van der Waals surface area contributed by atoms with Crippen molar-refractivity contribution in [1.82, 2.24) is 0 Å². The number of benzene rings is 1. The summed E-state index contributed by atoms with van der Waals surface area (Å²) in [4.78, 5) is 10.6. The molecule has 1 aromatic carbocycles. The van der Waals surface area contributed by atoms with Crippen molar-refractivity contribution in [3.8, 4) is 5.75 Å². The van der Waals surface area contributed by atoms with E-state index in [1.807, 2.05) is 0 Å². The van der Waals surface area contributed by atoms with Gasteiger partial charge in [-0.1, -0.05) is 0 Å². The highest BCUT2D eigenvalue weighted by Crippen LogP contribution is 2.19. The van der Waals surface area contributed by atoms with Crippen molar-refractivity contribution in [2.75, 3.05) is 6.61 Å². The average Bonchev–Trinajstić information content (AvgIpc) is 2.15. The Morgan fingerprint density at radius 1 is 1.53 bits per heavy atom. The molecule has 4 nitrogen and oxygen atoms in total. The molecule has 4 heteroatoms. The van der Waals surface area contributed by atoms with Crippen molar-refractivity contribution in [2.45, 2.75) is 20.0 Å². The Kier molecular flexibility index (Phi) is 3.68. The van der Waals surface area contributed by atoms with Crippen molar-refractivity contribution >= 4 is 5.97 Å². The Morgan fingerprint density at radius 2 is 2.20 bits per heavy atom. The number of aliphatic hydroxyl groups excluding tert-OH is 1. The van der Waals surface area contributed by atoms with E-state index in [1.54, 1.807) is 26.0 Å². The standard InChI is InChI=1S/C11H14O4/c1-7-5-9(11(13)14)3-4-10(7)15-6-8(2)12/h3-5,8,12H,6H2,1-2H3,(H,13,14). The first-order chi connectivity index (χ1) is 7.00. The van der Waals surface area contributed by atoms with Gasteiger partial charge in [-0.3, -0.25) is 0 Å². The van der Waals surface area contributed by atoms with E-state index in [2.05, 4.69) is 0 Å². The molecule has 0 spiro atoms. The number of rotatable bonds is 4. The highest BCUT2D eigenvalue weighted by Gasteiger charge is 2.06. The summed E-state index contributed by atoms with van der Waals surface area (Å²) < 4.78 is 5.29. The van der Waals surface area contributed by atoms with Crippen molar-refractivity contribution in [3.63, 3.8) is 0 Å². The topological polar surface area (TPSA) is 66.8 Å². The minimum absolute atomic E-state index is 0.202.